The van der Waals surface area contributed by atoms with Gasteiger partial charge in [-0.2, -0.15) is 0 Å². The minimum atomic E-state index is 0.101. The number of hydrogen-bond acceptors (Lipinski definition) is 4. The van der Waals surface area contributed by atoms with Crippen LogP contribution >= 0.6 is 12.2 Å². The van der Waals surface area contributed by atoms with Crippen molar-refractivity contribution in [3.8, 4) is 0 Å². The van der Waals surface area contributed by atoms with Crippen LogP contribution in [-0.4, -0.2) is 40.4 Å². The van der Waals surface area contributed by atoms with Crippen LogP contribution in [0, 0.1) is 13.8 Å². The third kappa shape index (κ3) is 3.91. The number of pyridine rings is 1. The Kier molecular flexibility index (Phi) is 5.12. The Morgan fingerprint density at radius 3 is 2.67 bits per heavy atom. The first-order valence-electron chi connectivity index (χ1n) is 7.28. The maximum atomic E-state index is 12.2. The van der Waals surface area contributed by atoms with Crippen molar-refractivity contribution in [2.24, 2.45) is 5.73 Å². The molecule has 0 saturated carbocycles. The zero-order valence-electron chi connectivity index (χ0n) is 12.6. The highest BCUT2D eigenvalue weighted by molar-refractivity contribution is 7.80. The predicted molar refractivity (Wildman–Crippen MR) is 88.5 cm³/mol. The van der Waals surface area contributed by atoms with Crippen LogP contribution in [0.1, 0.15) is 36.1 Å². The second kappa shape index (κ2) is 6.85. The van der Waals surface area contributed by atoms with E-state index in [-0.39, 0.29) is 12.5 Å². The van der Waals surface area contributed by atoms with E-state index in [0.29, 0.717) is 10.8 Å². The molecule has 114 valence electrons. The molecule has 0 aromatic carbocycles. The van der Waals surface area contributed by atoms with Gasteiger partial charge in [-0.1, -0.05) is 12.2 Å². The van der Waals surface area contributed by atoms with Crippen LogP contribution in [0.4, 0.5) is 5.82 Å². The number of nitrogens with two attached hydrogens (primary N) is 1. The van der Waals surface area contributed by atoms with Crippen LogP contribution in [-0.2, 0) is 4.79 Å². The smallest absolute Gasteiger partial charge is 0.241 e. The highest BCUT2D eigenvalue weighted by atomic mass is 32.1. The van der Waals surface area contributed by atoms with Crippen LogP contribution < -0.4 is 11.1 Å². The third-order valence-corrected chi connectivity index (χ3v) is 3.91. The average molecular weight is 306 g/mol. The number of amides is 1. The van der Waals surface area contributed by atoms with E-state index in [1.807, 2.05) is 24.8 Å². The van der Waals surface area contributed by atoms with Crippen molar-refractivity contribution in [3.63, 3.8) is 0 Å². The van der Waals surface area contributed by atoms with Crippen LogP contribution in [0.2, 0.25) is 0 Å². The molecule has 1 aliphatic heterocycles. The molecule has 0 unspecified atom stereocenters. The molecule has 1 aromatic heterocycles. The molecule has 1 fully saturated rings. The first-order valence-corrected chi connectivity index (χ1v) is 7.69. The fourth-order valence-corrected chi connectivity index (χ4v) is 2.95. The van der Waals surface area contributed by atoms with Gasteiger partial charge in [0.2, 0.25) is 5.91 Å². The Morgan fingerprint density at radius 2 is 2.05 bits per heavy atom. The normalized spacial score (nSPS) is 14.9. The largest absolute Gasteiger partial charge is 0.389 e. The molecule has 21 heavy (non-hydrogen) atoms. The van der Waals surface area contributed by atoms with Crippen LogP contribution in [0.5, 0.6) is 0 Å². The molecule has 5 nitrogen and oxygen atoms in total. The number of hydrogen-bond donors (Lipinski definition) is 2. The lowest BCUT2D eigenvalue weighted by Crippen LogP contribution is -2.39. The standard InChI is InChI=1S/C15H22N4OS/c1-10-8-11(2)18-15(13(10)14(16)21)17-9-12(20)19-6-4-3-5-7-19/h8H,3-7,9H2,1-2H3,(H2,16,21)(H,17,18). The van der Waals surface area contributed by atoms with E-state index in [1.165, 1.54) is 6.42 Å². The number of carbonyl (C=O) groups is 1. The molecule has 3 N–H and O–H groups in total. The van der Waals surface area contributed by atoms with Crippen molar-refractivity contribution >= 4 is 28.9 Å². The van der Waals surface area contributed by atoms with Crippen molar-refractivity contribution in [3.05, 3.63) is 22.9 Å². The van der Waals surface area contributed by atoms with Gasteiger partial charge in [0, 0.05) is 18.8 Å². The van der Waals surface area contributed by atoms with E-state index in [0.717, 1.165) is 42.8 Å². The number of nitrogens with one attached hydrogen (secondary N) is 1. The van der Waals surface area contributed by atoms with E-state index < -0.39 is 0 Å². The summed E-state index contributed by atoms with van der Waals surface area (Å²) < 4.78 is 0. The van der Waals surface area contributed by atoms with Gasteiger partial charge in [-0.3, -0.25) is 4.79 Å². The van der Waals surface area contributed by atoms with E-state index in [9.17, 15) is 4.79 Å². The Morgan fingerprint density at radius 1 is 1.38 bits per heavy atom. The summed E-state index contributed by atoms with van der Waals surface area (Å²) in [5.41, 5.74) is 8.35. The maximum absolute atomic E-state index is 12.2. The van der Waals surface area contributed by atoms with Gasteiger partial charge < -0.3 is 16.0 Å². The molecule has 2 rings (SSSR count). The quantitative estimate of drug-likeness (QED) is 0.829. The predicted octanol–water partition coefficient (Wildman–Crippen LogP) is 1.76. The lowest BCUT2D eigenvalue weighted by molar-refractivity contribution is -0.130. The summed E-state index contributed by atoms with van der Waals surface area (Å²) >= 11 is 5.09. The summed E-state index contributed by atoms with van der Waals surface area (Å²) in [6, 6.07) is 1.94. The summed E-state index contributed by atoms with van der Waals surface area (Å²) in [6.07, 6.45) is 3.39. The number of thiocarbonyl (C=S) groups is 1. The van der Waals surface area contributed by atoms with Gasteiger partial charge in [0.1, 0.15) is 10.8 Å². The summed E-state index contributed by atoms with van der Waals surface area (Å²) in [5.74, 6) is 0.704. The zero-order chi connectivity index (χ0) is 15.4. The van der Waals surface area contributed by atoms with E-state index in [1.54, 1.807) is 0 Å². The first kappa shape index (κ1) is 15.7. The van der Waals surface area contributed by atoms with Crippen LogP contribution in [0.25, 0.3) is 0 Å². The summed E-state index contributed by atoms with van der Waals surface area (Å²) in [4.78, 5) is 18.8. The van der Waals surface area contributed by atoms with Crippen LogP contribution in [0.3, 0.4) is 0 Å². The number of aromatic nitrogens is 1. The number of likely N-dealkylation sites (tertiary alicyclic amines) is 1. The highest BCUT2D eigenvalue weighted by Gasteiger charge is 2.17. The number of rotatable bonds is 4. The van der Waals surface area contributed by atoms with E-state index >= 15 is 0 Å². The van der Waals surface area contributed by atoms with Gasteiger partial charge in [0.25, 0.3) is 0 Å². The Hall–Kier alpha value is -1.69. The van der Waals surface area contributed by atoms with Gasteiger partial charge in [0.05, 0.1) is 12.1 Å². The van der Waals surface area contributed by atoms with Gasteiger partial charge in [-0.15, -0.1) is 0 Å². The molecule has 0 spiro atoms. The second-order valence-electron chi connectivity index (χ2n) is 5.46. The topological polar surface area (TPSA) is 71.2 Å². The maximum Gasteiger partial charge on any atom is 0.241 e. The monoisotopic (exact) mass is 306 g/mol. The number of carbonyl (C=O) groups excluding carboxylic acids is 1. The van der Waals surface area contributed by atoms with E-state index in [2.05, 4.69) is 10.3 Å². The highest BCUT2D eigenvalue weighted by Crippen LogP contribution is 2.18. The number of nitrogens with zero attached hydrogens (tertiary/aromatic N) is 2. The Bertz CT molecular complexity index is 553. The third-order valence-electron chi connectivity index (χ3n) is 3.71. The summed E-state index contributed by atoms with van der Waals surface area (Å²) in [5, 5.41) is 3.10. The Balaban J connectivity index is 2.08. The first-order chi connectivity index (χ1) is 9.99. The fraction of sp³-hybridized carbons (Fsp3) is 0.533. The van der Waals surface area contributed by atoms with E-state index in [4.69, 9.17) is 18.0 Å². The van der Waals surface area contributed by atoms with Crippen molar-refractivity contribution in [2.45, 2.75) is 33.1 Å². The van der Waals surface area contributed by atoms with Crippen molar-refractivity contribution in [1.82, 2.24) is 9.88 Å². The molecular weight excluding hydrogens is 284 g/mol. The minimum Gasteiger partial charge on any atom is -0.389 e. The lowest BCUT2D eigenvalue weighted by atomic mass is 10.1. The minimum absolute atomic E-state index is 0.101. The lowest BCUT2D eigenvalue weighted by Gasteiger charge is -2.27. The zero-order valence-corrected chi connectivity index (χ0v) is 13.4. The molecule has 0 radical (unpaired) electrons. The summed E-state index contributed by atoms with van der Waals surface area (Å²) in [7, 11) is 0. The SMILES string of the molecule is Cc1cc(C)c(C(N)=S)c(NCC(=O)N2CCCCC2)n1. The van der Waals surface area contributed by atoms with Gasteiger partial charge in [0.15, 0.2) is 0 Å². The molecule has 0 atom stereocenters. The fourth-order valence-electron chi connectivity index (χ4n) is 2.69. The van der Waals surface area contributed by atoms with Gasteiger partial charge in [-0.05, 0) is 44.7 Å². The molecular formula is C15H22N4OS. The molecule has 1 amide bonds. The number of anilines is 1. The van der Waals surface area contributed by atoms with Crippen molar-refractivity contribution in [2.75, 3.05) is 25.0 Å². The number of aryl methyl sites for hydroxylation is 2. The molecule has 1 aliphatic rings. The molecule has 1 aromatic rings. The molecule has 2 heterocycles. The molecule has 1 saturated heterocycles. The number of piperidine rings is 1. The Labute approximate surface area is 130 Å². The molecule has 6 heteroatoms. The van der Waals surface area contributed by atoms with Crippen LogP contribution in [0.15, 0.2) is 6.07 Å². The molecule has 0 aliphatic carbocycles. The van der Waals surface area contributed by atoms with Crippen molar-refractivity contribution < 1.29 is 4.79 Å². The summed E-state index contributed by atoms with van der Waals surface area (Å²) in [6.45, 7) is 5.78. The second-order valence-corrected chi connectivity index (χ2v) is 5.90. The van der Waals surface area contributed by atoms with Crippen molar-refractivity contribution in [1.29, 1.82) is 0 Å². The molecule has 0 bridgehead atoms. The van der Waals surface area contributed by atoms with Gasteiger partial charge >= 0.3 is 0 Å². The van der Waals surface area contributed by atoms with Gasteiger partial charge in [-0.25, -0.2) is 4.98 Å². The average Bonchev–Trinajstić information content (AvgIpc) is 2.44.